The van der Waals surface area contributed by atoms with Gasteiger partial charge in [-0.25, -0.2) is 9.59 Å². The van der Waals surface area contributed by atoms with Crippen LogP contribution in [0.2, 0.25) is 0 Å². The molecule has 1 N–H and O–H groups in total. The van der Waals surface area contributed by atoms with E-state index in [1.165, 1.54) is 0 Å². The Morgan fingerprint density at radius 3 is 2.52 bits per heavy atom. The van der Waals surface area contributed by atoms with Crippen LogP contribution in [-0.4, -0.2) is 24.3 Å². The van der Waals surface area contributed by atoms with E-state index in [0.717, 1.165) is 10.9 Å². The number of hydrogen-bond donors (Lipinski definition) is 1. The highest BCUT2D eigenvalue weighted by Crippen LogP contribution is 2.23. The third kappa shape index (κ3) is 6.16. The molecule has 6 heteroatoms. The van der Waals surface area contributed by atoms with Crippen molar-refractivity contribution in [1.82, 2.24) is 0 Å². The first-order valence-electron chi connectivity index (χ1n) is 6.69. The van der Waals surface area contributed by atoms with Gasteiger partial charge in [0.15, 0.2) is 0 Å². The van der Waals surface area contributed by atoms with Crippen LogP contribution in [0.4, 0.5) is 10.5 Å². The van der Waals surface area contributed by atoms with Crippen molar-refractivity contribution in [3.63, 3.8) is 0 Å². The van der Waals surface area contributed by atoms with Gasteiger partial charge in [-0.05, 0) is 45.4 Å². The zero-order valence-electron chi connectivity index (χ0n) is 12.7. The van der Waals surface area contributed by atoms with Crippen molar-refractivity contribution in [2.24, 2.45) is 0 Å². The minimum absolute atomic E-state index is 0.281. The Morgan fingerprint density at radius 2 is 1.95 bits per heavy atom. The summed E-state index contributed by atoms with van der Waals surface area (Å²) in [6.07, 6.45) is 0.114. The Hall–Kier alpha value is -1.56. The summed E-state index contributed by atoms with van der Waals surface area (Å²) in [7, 11) is 0. The fourth-order valence-corrected chi connectivity index (χ4v) is 1.84. The fourth-order valence-electron chi connectivity index (χ4n) is 1.48. The molecular formula is C15H20BrNO4. The Balaban J connectivity index is 2.91. The number of benzene rings is 1. The van der Waals surface area contributed by atoms with Gasteiger partial charge in [0.25, 0.3) is 0 Å². The lowest BCUT2D eigenvalue weighted by molar-refractivity contribution is 0.0506. The van der Waals surface area contributed by atoms with E-state index in [4.69, 9.17) is 9.47 Å². The SMILES string of the molecule is CCCOC(=O)c1cc(Br)ccc1NC(=O)OC(C)(C)C. The molecule has 0 unspecified atom stereocenters. The van der Waals surface area contributed by atoms with E-state index in [9.17, 15) is 9.59 Å². The van der Waals surface area contributed by atoms with Crippen LogP contribution in [0.25, 0.3) is 0 Å². The molecule has 116 valence electrons. The predicted octanol–water partition coefficient (Wildman–Crippen LogP) is 4.36. The molecule has 0 heterocycles. The van der Waals surface area contributed by atoms with E-state index in [2.05, 4.69) is 21.2 Å². The number of ether oxygens (including phenoxy) is 2. The Labute approximate surface area is 133 Å². The zero-order chi connectivity index (χ0) is 16.0. The van der Waals surface area contributed by atoms with Crippen LogP contribution in [0.5, 0.6) is 0 Å². The van der Waals surface area contributed by atoms with Gasteiger partial charge in [0.05, 0.1) is 17.9 Å². The lowest BCUT2D eigenvalue weighted by atomic mass is 10.2. The van der Waals surface area contributed by atoms with Crippen LogP contribution in [0.3, 0.4) is 0 Å². The molecule has 21 heavy (non-hydrogen) atoms. The maximum atomic E-state index is 12.0. The molecule has 0 spiro atoms. The number of carbonyl (C=O) groups is 2. The van der Waals surface area contributed by atoms with Gasteiger partial charge in [0.2, 0.25) is 0 Å². The van der Waals surface area contributed by atoms with Crippen LogP contribution in [0.15, 0.2) is 22.7 Å². The van der Waals surface area contributed by atoms with E-state index < -0.39 is 17.7 Å². The van der Waals surface area contributed by atoms with Crippen molar-refractivity contribution in [2.75, 3.05) is 11.9 Å². The van der Waals surface area contributed by atoms with Gasteiger partial charge in [-0.2, -0.15) is 0 Å². The van der Waals surface area contributed by atoms with Gasteiger partial charge in [0.1, 0.15) is 5.60 Å². The average Bonchev–Trinajstić information content (AvgIpc) is 2.35. The second-order valence-electron chi connectivity index (χ2n) is 5.45. The van der Waals surface area contributed by atoms with Gasteiger partial charge in [0, 0.05) is 4.47 Å². The molecule has 1 amide bonds. The predicted molar refractivity (Wildman–Crippen MR) is 84.6 cm³/mol. The molecule has 0 aromatic heterocycles. The van der Waals surface area contributed by atoms with Crippen LogP contribution < -0.4 is 5.32 Å². The van der Waals surface area contributed by atoms with Gasteiger partial charge in [-0.1, -0.05) is 22.9 Å². The Kier molecular flexibility index (Phi) is 6.20. The second kappa shape index (κ2) is 7.45. The highest BCUT2D eigenvalue weighted by molar-refractivity contribution is 9.10. The maximum absolute atomic E-state index is 12.0. The third-order valence-corrected chi connectivity index (χ3v) is 2.77. The number of anilines is 1. The number of carbonyl (C=O) groups excluding carboxylic acids is 2. The normalized spacial score (nSPS) is 10.9. The molecular weight excluding hydrogens is 338 g/mol. The van der Waals surface area contributed by atoms with Gasteiger partial charge < -0.3 is 9.47 Å². The maximum Gasteiger partial charge on any atom is 0.412 e. The third-order valence-electron chi connectivity index (χ3n) is 2.27. The summed E-state index contributed by atoms with van der Waals surface area (Å²) in [6.45, 7) is 7.55. The monoisotopic (exact) mass is 357 g/mol. The highest BCUT2D eigenvalue weighted by Gasteiger charge is 2.19. The van der Waals surface area contributed by atoms with Crippen LogP contribution in [0, 0.1) is 0 Å². The first-order valence-corrected chi connectivity index (χ1v) is 7.49. The quantitative estimate of drug-likeness (QED) is 0.812. The molecule has 1 rings (SSSR count). The van der Waals surface area contributed by atoms with E-state index >= 15 is 0 Å². The van der Waals surface area contributed by atoms with Crippen molar-refractivity contribution < 1.29 is 19.1 Å². The largest absolute Gasteiger partial charge is 0.462 e. The van der Waals surface area contributed by atoms with Crippen molar-refractivity contribution in [3.05, 3.63) is 28.2 Å². The first kappa shape index (κ1) is 17.5. The Morgan fingerprint density at radius 1 is 1.29 bits per heavy atom. The lowest BCUT2D eigenvalue weighted by Crippen LogP contribution is -2.27. The van der Waals surface area contributed by atoms with E-state index in [1.54, 1.807) is 39.0 Å². The van der Waals surface area contributed by atoms with Gasteiger partial charge in [-0.3, -0.25) is 5.32 Å². The first-order chi connectivity index (χ1) is 9.73. The van der Waals surface area contributed by atoms with Crippen molar-refractivity contribution in [3.8, 4) is 0 Å². The smallest absolute Gasteiger partial charge is 0.412 e. The van der Waals surface area contributed by atoms with Crippen LogP contribution >= 0.6 is 15.9 Å². The molecule has 0 bridgehead atoms. The summed E-state index contributed by atoms with van der Waals surface area (Å²) >= 11 is 3.30. The van der Waals surface area contributed by atoms with Crippen molar-refractivity contribution in [2.45, 2.75) is 39.7 Å². The topological polar surface area (TPSA) is 64.6 Å². The molecule has 1 aromatic carbocycles. The minimum atomic E-state index is -0.616. The molecule has 1 aromatic rings. The van der Waals surface area contributed by atoms with E-state index in [-0.39, 0.29) is 5.56 Å². The highest BCUT2D eigenvalue weighted by atomic mass is 79.9. The lowest BCUT2D eigenvalue weighted by Gasteiger charge is -2.20. The molecule has 5 nitrogen and oxygen atoms in total. The number of halogens is 1. The molecule has 0 fully saturated rings. The van der Waals surface area contributed by atoms with Crippen molar-refractivity contribution in [1.29, 1.82) is 0 Å². The summed E-state index contributed by atoms with van der Waals surface area (Å²) in [4.78, 5) is 23.8. The summed E-state index contributed by atoms with van der Waals surface area (Å²) < 4.78 is 11.0. The molecule has 0 saturated carbocycles. The van der Waals surface area contributed by atoms with Gasteiger partial charge in [-0.15, -0.1) is 0 Å². The summed E-state index contributed by atoms with van der Waals surface area (Å²) in [6, 6.07) is 4.95. The Bertz CT molecular complexity index is 523. The van der Waals surface area contributed by atoms with Crippen LogP contribution in [-0.2, 0) is 9.47 Å². The van der Waals surface area contributed by atoms with Crippen LogP contribution in [0.1, 0.15) is 44.5 Å². The fraction of sp³-hybridized carbons (Fsp3) is 0.467. The van der Waals surface area contributed by atoms with E-state index in [0.29, 0.717) is 12.3 Å². The summed E-state index contributed by atoms with van der Waals surface area (Å²) in [5.74, 6) is -0.482. The second-order valence-corrected chi connectivity index (χ2v) is 6.37. The minimum Gasteiger partial charge on any atom is -0.462 e. The zero-order valence-corrected chi connectivity index (χ0v) is 14.2. The average molecular weight is 358 g/mol. The molecule has 0 saturated heterocycles. The molecule has 0 atom stereocenters. The standard InChI is InChI=1S/C15H20BrNO4/c1-5-8-20-13(18)11-9-10(16)6-7-12(11)17-14(19)21-15(2,3)4/h6-7,9H,5,8H2,1-4H3,(H,17,19). The number of nitrogens with one attached hydrogen (secondary N) is 1. The van der Waals surface area contributed by atoms with E-state index in [1.807, 2.05) is 6.92 Å². The molecule has 0 aliphatic rings. The molecule has 0 aliphatic heterocycles. The number of amides is 1. The summed E-state index contributed by atoms with van der Waals surface area (Å²) in [5.41, 5.74) is 0.0275. The number of hydrogen-bond acceptors (Lipinski definition) is 4. The summed E-state index contributed by atoms with van der Waals surface area (Å²) in [5, 5.41) is 2.57. The number of rotatable bonds is 4. The molecule has 0 radical (unpaired) electrons. The number of esters is 1. The molecule has 0 aliphatic carbocycles. The van der Waals surface area contributed by atoms with Crippen molar-refractivity contribution >= 4 is 33.7 Å². The van der Waals surface area contributed by atoms with Gasteiger partial charge >= 0.3 is 12.1 Å².